The average molecular weight is 349 g/mol. The summed E-state index contributed by atoms with van der Waals surface area (Å²) >= 11 is 0. The molecule has 0 unspecified atom stereocenters. The quantitative estimate of drug-likeness (QED) is 0.835. The number of amides is 1. The van der Waals surface area contributed by atoms with Gasteiger partial charge >= 0.3 is 0 Å². The van der Waals surface area contributed by atoms with Crippen LogP contribution in [-0.2, 0) is 17.9 Å². The molecule has 0 spiro atoms. The molecule has 0 saturated carbocycles. The van der Waals surface area contributed by atoms with Crippen LogP contribution in [0.2, 0.25) is 0 Å². The number of ether oxygens (including phenoxy) is 1. The minimum absolute atomic E-state index is 0.0542. The lowest BCUT2D eigenvalue weighted by molar-refractivity contribution is -0.132. The van der Waals surface area contributed by atoms with Crippen LogP contribution in [0.5, 0.6) is 5.75 Å². The third-order valence-corrected chi connectivity index (χ3v) is 4.48. The van der Waals surface area contributed by atoms with Gasteiger partial charge in [0.25, 0.3) is 5.91 Å². The van der Waals surface area contributed by atoms with Crippen LogP contribution in [-0.4, -0.2) is 30.5 Å². The molecule has 0 atom stereocenters. The first-order chi connectivity index (χ1) is 12.8. The van der Waals surface area contributed by atoms with Crippen molar-refractivity contribution in [2.24, 2.45) is 0 Å². The van der Waals surface area contributed by atoms with E-state index in [0.29, 0.717) is 18.7 Å². The Bertz CT molecular complexity index is 792. The van der Waals surface area contributed by atoms with E-state index in [2.05, 4.69) is 11.4 Å². The Kier molecular flexibility index (Phi) is 6.24. The molecule has 1 aliphatic heterocycles. The third-order valence-electron chi connectivity index (χ3n) is 4.48. The van der Waals surface area contributed by atoms with Crippen molar-refractivity contribution < 1.29 is 9.53 Å². The smallest absolute Gasteiger partial charge is 0.260 e. The molecule has 26 heavy (non-hydrogen) atoms. The van der Waals surface area contributed by atoms with Crippen LogP contribution in [0.15, 0.2) is 48.5 Å². The molecule has 0 bridgehead atoms. The number of carbonyl (C=O) groups is 1. The number of carbonyl (C=O) groups excluding carboxylic acids is 1. The summed E-state index contributed by atoms with van der Waals surface area (Å²) in [5.74, 6) is 0.789. The Balaban J connectivity index is 1.53. The topological polar surface area (TPSA) is 65.4 Å². The number of hydrogen-bond donors (Lipinski definition) is 1. The zero-order valence-electron chi connectivity index (χ0n) is 14.8. The number of nitriles is 1. The molecule has 134 valence electrons. The molecule has 1 aliphatic rings. The molecule has 1 amide bonds. The van der Waals surface area contributed by atoms with Crippen molar-refractivity contribution in [1.82, 2.24) is 10.2 Å². The molecule has 1 N–H and O–H groups in total. The predicted molar refractivity (Wildman–Crippen MR) is 99.5 cm³/mol. The maximum atomic E-state index is 12.1. The second-order valence-corrected chi connectivity index (χ2v) is 6.40. The van der Waals surface area contributed by atoms with Gasteiger partial charge in [0.05, 0.1) is 11.6 Å². The fourth-order valence-electron chi connectivity index (χ4n) is 3.08. The molecule has 1 heterocycles. The maximum Gasteiger partial charge on any atom is 0.260 e. The fraction of sp³-hybridized carbons (Fsp3) is 0.333. The highest BCUT2D eigenvalue weighted by Crippen LogP contribution is 2.18. The molecule has 1 fully saturated rings. The lowest BCUT2D eigenvalue weighted by atomic mass is 10.1. The summed E-state index contributed by atoms with van der Waals surface area (Å²) in [6.07, 6.45) is 2.17. The molecular formula is C21H23N3O2. The van der Waals surface area contributed by atoms with Crippen molar-refractivity contribution in [1.29, 1.82) is 5.26 Å². The SMILES string of the molecule is N#Cc1cccc(CNCc2ccccc2OCC(=O)N2CCCC2)c1. The molecule has 1 saturated heterocycles. The van der Waals surface area contributed by atoms with Gasteiger partial charge in [0, 0.05) is 31.7 Å². The van der Waals surface area contributed by atoms with Crippen LogP contribution in [0.3, 0.4) is 0 Å². The first-order valence-corrected chi connectivity index (χ1v) is 8.94. The number of likely N-dealkylation sites (tertiary alicyclic amines) is 1. The van der Waals surface area contributed by atoms with Crippen LogP contribution in [0.25, 0.3) is 0 Å². The van der Waals surface area contributed by atoms with Crippen molar-refractivity contribution in [3.05, 3.63) is 65.2 Å². The van der Waals surface area contributed by atoms with E-state index in [9.17, 15) is 4.79 Å². The highest BCUT2D eigenvalue weighted by molar-refractivity contribution is 5.78. The molecule has 2 aromatic carbocycles. The van der Waals surface area contributed by atoms with Crippen molar-refractivity contribution in [2.75, 3.05) is 19.7 Å². The first-order valence-electron chi connectivity index (χ1n) is 8.94. The minimum Gasteiger partial charge on any atom is -0.483 e. The summed E-state index contributed by atoms with van der Waals surface area (Å²) < 4.78 is 5.78. The number of rotatable bonds is 7. The van der Waals surface area contributed by atoms with Gasteiger partial charge in [-0.15, -0.1) is 0 Å². The largest absolute Gasteiger partial charge is 0.483 e. The van der Waals surface area contributed by atoms with Gasteiger partial charge in [0.15, 0.2) is 6.61 Å². The molecular weight excluding hydrogens is 326 g/mol. The lowest BCUT2D eigenvalue weighted by Crippen LogP contribution is -2.32. The Morgan fingerprint density at radius 2 is 1.92 bits per heavy atom. The van der Waals surface area contributed by atoms with Crippen molar-refractivity contribution in [3.63, 3.8) is 0 Å². The van der Waals surface area contributed by atoms with Gasteiger partial charge in [-0.2, -0.15) is 5.26 Å². The summed E-state index contributed by atoms with van der Waals surface area (Å²) in [4.78, 5) is 14.0. The highest BCUT2D eigenvalue weighted by Gasteiger charge is 2.18. The van der Waals surface area contributed by atoms with E-state index in [-0.39, 0.29) is 12.5 Å². The molecule has 0 aromatic heterocycles. The van der Waals surface area contributed by atoms with E-state index >= 15 is 0 Å². The first kappa shape index (κ1) is 18.0. The summed E-state index contributed by atoms with van der Waals surface area (Å²) in [7, 11) is 0. The van der Waals surface area contributed by atoms with Crippen molar-refractivity contribution in [2.45, 2.75) is 25.9 Å². The number of nitrogens with one attached hydrogen (secondary N) is 1. The Morgan fingerprint density at radius 3 is 2.73 bits per heavy atom. The predicted octanol–water partition coefficient (Wildman–Crippen LogP) is 2.85. The van der Waals surface area contributed by atoms with Gasteiger partial charge in [-0.25, -0.2) is 0 Å². The monoisotopic (exact) mass is 349 g/mol. The Hall–Kier alpha value is -2.84. The molecule has 2 aromatic rings. The lowest BCUT2D eigenvalue weighted by Gasteiger charge is -2.17. The summed E-state index contributed by atoms with van der Waals surface area (Å²) in [5, 5.41) is 12.3. The zero-order chi connectivity index (χ0) is 18.2. The van der Waals surface area contributed by atoms with E-state index in [1.54, 1.807) is 6.07 Å². The third kappa shape index (κ3) is 4.84. The maximum absolute atomic E-state index is 12.1. The zero-order valence-corrected chi connectivity index (χ0v) is 14.8. The van der Waals surface area contributed by atoms with E-state index in [4.69, 9.17) is 10.00 Å². The number of para-hydroxylation sites is 1. The van der Waals surface area contributed by atoms with E-state index in [0.717, 1.165) is 42.8 Å². The molecule has 3 rings (SSSR count). The van der Waals surface area contributed by atoms with Gasteiger partial charge in [-0.1, -0.05) is 30.3 Å². The summed E-state index contributed by atoms with van der Waals surface area (Å²) in [6.45, 7) is 3.06. The van der Waals surface area contributed by atoms with Gasteiger partial charge in [-0.3, -0.25) is 4.79 Å². The Morgan fingerprint density at radius 1 is 1.12 bits per heavy atom. The van der Waals surface area contributed by atoms with Gasteiger partial charge < -0.3 is 15.0 Å². The van der Waals surface area contributed by atoms with E-state index in [1.807, 2.05) is 47.4 Å². The average Bonchev–Trinajstić information content (AvgIpc) is 3.22. The second kappa shape index (κ2) is 9.02. The van der Waals surface area contributed by atoms with Gasteiger partial charge in [0.1, 0.15) is 5.75 Å². The van der Waals surface area contributed by atoms with Crippen LogP contribution < -0.4 is 10.1 Å². The minimum atomic E-state index is 0.0542. The molecule has 0 aliphatic carbocycles. The van der Waals surface area contributed by atoms with Crippen LogP contribution >= 0.6 is 0 Å². The standard InChI is InChI=1S/C21H23N3O2/c22-13-17-6-5-7-18(12-17)14-23-15-19-8-1-2-9-20(19)26-16-21(25)24-10-3-4-11-24/h1-2,5-9,12,23H,3-4,10-11,14-16H2. The van der Waals surface area contributed by atoms with Crippen LogP contribution in [0.1, 0.15) is 29.5 Å². The molecule has 0 radical (unpaired) electrons. The van der Waals surface area contributed by atoms with Crippen molar-refractivity contribution >= 4 is 5.91 Å². The number of benzene rings is 2. The van der Waals surface area contributed by atoms with Crippen molar-refractivity contribution in [3.8, 4) is 11.8 Å². The summed E-state index contributed by atoms with van der Waals surface area (Å²) in [5.41, 5.74) is 2.73. The van der Waals surface area contributed by atoms with Gasteiger partial charge in [0.2, 0.25) is 0 Å². The second-order valence-electron chi connectivity index (χ2n) is 6.40. The normalized spacial score (nSPS) is 13.4. The molecule has 5 nitrogen and oxygen atoms in total. The van der Waals surface area contributed by atoms with Crippen LogP contribution in [0, 0.1) is 11.3 Å². The van der Waals surface area contributed by atoms with Crippen LogP contribution in [0.4, 0.5) is 0 Å². The van der Waals surface area contributed by atoms with Gasteiger partial charge in [-0.05, 0) is 36.6 Å². The fourth-order valence-corrected chi connectivity index (χ4v) is 3.08. The number of hydrogen-bond acceptors (Lipinski definition) is 4. The highest BCUT2D eigenvalue weighted by atomic mass is 16.5. The van der Waals surface area contributed by atoms with E-state index in [1.165, 1.54) is 0 Å². The molecule has 5 heteroatoms. The number of nitrogens with zero attached hydrogens (tertiary/aromatic N) is 2. The summed E-state index contributed by atoms with van der Waals surface area (Å²) in [6, 6.07) is 17.5. The van der Waals surface area contributed by atoms with E-state index < -0.39 is 0 Å². The Labute approximate surface area is 154 Å².